The molecule has 1 aromatic heterocycles. The predicted molar refractivity (Wildman–Crippen MR) is 63.6 cm³/mol. The molecule has 0 saturated carbocycles. The third-order valence-electron chi connectivity index (χ3n) is 2.16. The standard InChI is InChI=1S/C11H15NO3S/c1-7(10(15-3)5-11(13)14)4-9-6-16-8(2)12-9/h4,6,10H,5H2,1-3H3,(H,13,14). The number of rotatable bonds is 5. The Morgan fingerprint density at radius 1 is 1.75 bits per heavy atom. The summed E-state index contributed by atoms with van der Waals surface area (Å²) in [5, 5.41) is 11.6. The molecule has 0 spiro atoms. The van der Waals surface area contributed by atoms with Crippen molar-refractivity contribution in [2.45, 2.75) is 26.4 Å². The molecule has 0 aliphatic rings. The van der Waals surface area contributed by atoms with Crippen molar-refractivity contribution < 1.29 is 14.6 Å². The molecule has 0 aliphatic heterocycles. The average molecular weight is 241 g/mol. The lowest BCUT2D eigenvalue weighted by Gasteiger charge is -2.13. The van der Waals surface area contributed by atoms with Crippen molar-refractivity contribution in [3.63, 3.8) is 0 Å². The summed E-state index contributed by atoms with van der Waals surface area (Å²) >= 11 is 1.57. The highest BCUT2D eigenvalue weighted by atomic mass is 32.1. The lowest BCUT2D eigenvalue weighted by molar-refractivity contribution is -0.139. The first-order chi connectivity index (χ1) is 7.52. The zero-order valence-electron chi connectivity index (χ0n) is 9.56. The summed E-state index contributed by atoms with van der Waals surface area (Å²) in [4.78, 5) is 14.9. The Balaban J connectivity index is 2.77. The van der Waals surface area contributed by atoms with Crippen LogP contribution in [0.2, 0.25) is 0 Å². The third kappa shape index (κ3) is 3.75. The number of aromatic nitrogens is 1. The van der Waals surface area contributed by atoms with Crippen molar-refractivity contribution >= 4 is 23.4 Å². The van der Waals surface area contributed by atoms with Gasteiger partial charge in [0, 0.05) is 12.5 Å². The highest BCUT2D eigenvalue weighted by molar-refractivity contribution is 7.09. The van der Waals surface area contributed by atoms with E-state index in [4.69, 9.17) is 9.84 Å². The molecule has 0 aliphatic carbocycles. The molecule has 0 bridgehead atoms. The molecule has 0 amide bonds. The zero-order chi connectivity index (χ0) is 12.1. The molecular weight excluding hydrogens is 226 g/mol. The zero-order valence-corrected chi connectivity index (χ0v) is 10.4. The number of carboxylic acid groups (broad SMARTS) is 1. The van der Waals surface area contributed by atoms with Gasteiger partial charge in [-0.15, -0.1) is 11.3 Å². The summed E-state index contributed by atoms with van der Waals surface area (Å²) in [7, 11) is 1.51. The van der Waals surface area contributed by atoms with E-state index in [-0.39, 0.29) is 12.5 Å². The molecule has 5 heteroatoms. The quantitative estimate of drug-likeness (QED) is 0.859. The van der Waals surface area contributed by atoms with Gasteiger partial charge in [0.25, 0.3) is 0 Å². The van der Waals surface area contributed by atoms with Gasteiger partial charge in [-0.1, -0.05) is 0 Å². The monoisotopic (exact) mass is 241 g/mol. The van der Waals surface area contributed by atoms with Crippen LogP contribution in [0.5, 0.6) is 0 Å². The minimum absolute atomic E-state index is 0.0258. The molecule has 16 heavy (non-hydrogen) atoms. The Morgan fingerprint density at radius 3 is 2.88 bits per heavy atom. The normalized spacial score (nSPS) is 13.8. The smallest absolute Gasteiger partial charge is 0.306 e. The molecule has 88 valence electrons. The van der Waals surface area contributed by atoms with Crippen molar-refractivity contribution in [3.8, 4) is 0 Å². The molecule has 1 atom stereocenters. The first-order valence-corrected chi connectivity index (χ1v) is 5.75. The van der Waals surface area contributed by atoms with Crippen LogP contribution in [0.3, 0.4) is 0 Å². The Kier molecular flexibility index (Phi) is 4.64. The summed E-state index contributed by atoms with van der Waals surface area (Å²) in [6.07, 6.45) is 1.45. The van der Waals surface area contributed by atoms with Crippen molar-refractivity contribution in [2.24, 2.45) is 0 Å². The van der Waals surface area contributed by atoms with E-state index in [9.17, 15) is 4.79 Å². The Labute approximate surface area is 98.6 Å². The van der Waals surface area contributed by atoms with Crippen LogP contribution in [0.25, 0.3) is 6.08 Å². The van der Waals surface area contributed by atoms with Crippen LogP contribution >= 0.6 is 11.3 Å². The van der Waals surface area contributed by atoms with Crippen molar-refractivity contribution in [2.75, 3.05) is 7.11 Å². The fourth-order valence-electron chi connectivity index (χ4n) is 1.36. The van der Waals surface area contributed by atoms with Crippen molar-refractivity contribution in [1.29, 1.82) is 0 Å². The molecule has 1 unspecified atom stereocenters. The molecule has 1 aromatic rings. The van der Waals surface area contributed by atoms with Gasteiger partial charge in [-0.25, -0.2) is 4.98 Å². The van der Waals surface area contributed by atoms with Crippen LogP contribution in [-0.4, -0.2) is 29.3 Å². The van der Waals surface area contributed by atoms with Gasteiger partial charge in [-0.2, -0.15) is 0 Å². The first kappa shape index (κ1) is 12.9. The van der Waals surface area contributed by atoms with E-state index in [1.54, 1.807) is 11.3 Å². The summed E-state index contributed by atoms with van der Waals surface area (Å²) in [6, 6.07) is 0. The van der Waals surface area contributed by atoms with Crippen LogP contribution in [0.15, 0.2) is 11.0 Å². The number of thiazole rings is 1. The molecule has 0 saturated heterocycles. The van der Waals surface area contributed by atoms with E-state index in [2.05, 4.69) is 4.98 Å². The SMILES string of the molecule is COC(CC(=O)O)C(C)=Cc1csc(C)n1. The molecule has 0 aromatic carbocycles. The number of methoxy groups -OCH3 is 1. The van der Waals surface area contributed by atoms with E-state index in [1.807, 2.05) is 25.3 Å². The first-order valence-electron chi connectivity index (χ1n) is 4.88. The van der Waals surface area contributed by atoms with Gasteiger partial charge in [0.1, 0.15) is 0 Å². The average Bonchev–Trinajstić information content (AvgIpc) is 2.60. The van der Waals surface area contributed by atoms with E-state index in [0.29, 0.717) is 0 Å². The van der Waals surface area contributed by atoms with Crippen LogP contribution < -0.4 is 0 Å². The van der Waals surface area contributed by atoms with E-state index in [0.717, 1.165) is 16.3 Å². The molecule has 1 rings (SSSR count). The number of aryl methyl sites for hydroxylation is 1. The fourth-order valence-corrected chi connectivity index (χ4v) is 1.93. The van der Waals surface area contributed by atoms with E-state index < -0.39 is 5.97 Å². The number of aliphatic carboxylic acids is 1. The Bertz CT molecular complexity index is 398. The second-order valence-electron chi connectivity index (χ2n) is 3.50. The van der Waals surface area contributed by atoms with Gasteiger partial charge in [0.15, 0.2) is 0 Å². The minimum atomic E-state index is -0.867. The Hall–Kier alpha value is -1.20. The van der Waals surface area contributed by atoms with Crippen molar-refractivity contribution in [3.05, 3.63) is 21.7 Å². The second kappa shape index (κ2) is 5.77. The number of nitrogens with zero attached hydrogens (tertiary/aromatic N) is 1. The topological polar surface area (TPSA) is 59.4 Å². The maximum atomic E-state index is 10.6. The molecular formula is C11H15NO3S. The highest BCUT2D eigenvalue weighted by Gasteiger charge is 2.14. The van der Waals surface area contributed by atoms with Crippen LogP contribution in [-0.2, 0) is 9.53 Å². The van der Waals surface area contributed by atoms with E-state index >= 15 is 0 Å². The Morgan fingerprint density at radius 2 is 2.44 bits per heavy atom. The van der Waals surface area contributed by atoms with Crippen LogP contribution in [0, 0.1) is 6.92 Å². The van der Waals surface area contributed by atoms with Gasteiger partial charge in [0.05, 0.1) is 23.2 Å². The van der Waals surface area contributed by atoms with Crippen LogP contribution in [0.1, 0.15) is 24.0 Å². The molecule has 1 N–H and O–H groups in total. The van der Waals surface area contributed by atoms with Crippen LogP contribution in [0.4, 0.5) is 0 Å². The summed E-state index contributed by atoms with van der Waals surface area (Å²) < 4.78 is 5.13. The number of hydrogen-bond donors (Lipinski definition) is 1. The molecule has 0 fully saturated rings. The summed E-state index contributed by atoms with van der Waals surface area (Å²) in [6.45, 7) is 3.79. The number of carbonyl (C=O) groups is 1. The minimum Gasteiger partial charge on any atom is -0.481 e. The van der Waals surface area contributed by atoms with Gasteiger partial charge in [-0.3, -0.25) is 4.79 Å². The van der Waals surface area contributed by atoms with Crippen molar-refractivity contribution in [1.82, 2.24) is 4.98 Å². The van der Waals surface area contributed by atoms with Gasteiger partial charge in [-0.05, 0) is 25.5 Å². The van der Waals surface area contributed by atoms with Gasteiger partial charge >= 0.3 is 5.97 Å². The van der Waals surface area contributed by atoms with Gasteiger partial charge < -0.3 is 9.84 Å². The lowest BCUT2D eigenvalue weighted by Crippen LogP contribution is -2.17. The highest BCUT2D eigenvalue weighted by Crippen LogP contribution is 2.16. The largest absolute Gasteiger partial charge is 0.481 e. The predicted octanol–water partition coefficient (Wildman–Crippen LogP) is 2.34. The number of carboxylic acids is 1. The van der Waals surface area contributed by atoms with Gasteiger partial charge in [0.2, 0.25) is 0 Å². The molecule has 1 heterocycles. The second-order valence-corrected chi connectivity index (χ2v) is 4.56. The molecule has 4 nitrogen and oxygen atoms in total. The summed E-state index contributed by atoms with van der Waals surface area (Å²) in [5.41, 5.74) is 1.72. The maximum Gasteiger partial charge on any atom is 0.306 e. The van der Waals surface area contributed by atoms with E-state index in [1.165, 1.54) is 7.11 Å². The number of ether oxygens (including phenoxy) is 1. The fraction of sp³-hybridized carbons (Fsp3) is 0.455. The summed E-state index contributed by atoms with van der Waals surface area (Å²) in [5.74, 6) is -0.867. The maximum absolute atomic E-state index is 10.6. The number of hydrogen-bond acceptors (Lipinski definition) is 4. The third-order valence-corrected chi connectivity index (χ3v) is 2.96. The lowest BCUT2D eigenvalue weighted by atomic mass is 10.1. The molecule has 0 radical (unpaired) electrons.